The molecule has 1 saturated heterocycles. The molecule has 0 saturated carbocycles. The van der Waals surface area contributed by atoms with Crippen LogP contribution < -0.4 is 5.32 Å². The maximum Gasteiger partial charge on any atom is 0.492 e. The van der Waals surface area contributed by atoms with Crippen molar-refractivity contribution in [1.29, 1.82) is 0 Å². The maximum atomic E-state index is 12.2. The molecule has 0 radical (unpaired) electrons. The summed E-state index contributed by atoms with van der Waals surface area (Å²) in [5.74, 6) is 0. The minimum absolute atomic E-state index is 0.231. The number of hydrogen-bond acceptors (Lipinski definition) is 5. The van der Waals surface area contributed by atoms with Crippen LogP contribution in [0.3, 0.4) is 0 Å². The number of pyridine rings is 1. The van der Waals surface area contributed by atoms with Gasteiger partial charge in [-0.1, -0.05) is 6.08 Å². The van der Waals surface area contributed by atoms with Crippen LogP contribution in [0.1, 0.15) is 54.0 Å². The summed E-state index contributed by atoms with van der Waals surface area (Å²) in [7, 11) is -0.589. The molecule has 1 fully saturated rings. The number of amides is 1. The minimum Gasteiger partial charge on any atom is -0.444 e. The van der Waals surface area contributed by atoms with Crippen LogP contribution in [0, 0.1) is 0 Å². The second-order valence-electron chi connectivity index (χ2n) is 9.34. The van der Waals surface area contributed by atoms with E-state index in [1.54, 1.807) is 6.20 Å². The number of H-pyrrole nitrogens is 1. The summed E-state index contributed by atoms with van der Waals surface area (Å²) < 4.78 is 17.7. The predicted octanol–water partition coefficient (Wildman–Crippen LogP) is 4.10. The molecule has 8 heteroatoms. The van der Waals surface area contributed by atoms with E-state index in [1.807, 2.05) is 72.9 Å². The smallest absolute Gasteiger partial charge is 0.444 e. The molecule has 0 bridgehead atoms. The van der Waals surface area contributed by atoms with E-state index < -0.39 is 30.0 Å². The Kier molecular flexibility index (Phi) is 5.53. The highest BCUT2D eigenvalue weighted by molar-refractivity contribution is 6.56. The predicted molar refractivity (Wildman–Crippen MR) is 114 cm³/mol. The summed E-state index contributed by atoms with van der Waals surface area (Å²) in [6, 6.07) is 3.92. The molecule has 0 atom stereocenters. The number of aromatic amines is 1. The van der Waals surface area contributed by atoms with E-state index >= 15 is 0 Å². The molecular formula is C21H30BN3O4. The van der Waals surface area contributed by atoms with Crippen LogP contribution in [0.5, 0.6) is 0 Å². The highest BCUT2D eigenvalue weighted by Crippen LogP contribution is 2.38. The standard InChI is InChI=1S/C21H30BN3O4/c1-19(2,3)27-18(26)25-13-15(22-28-20(4,5)21(6,7)29-22)10-14-11-17-16(24-12-14)8-9-23-17/h8-12,23H,13H2,1-7H3,(H,25,26). The molecule has 0 unspecified atom stereocenters. The quantitative estimate of drug-likeness (QED) is 0.756. The van der Waals surface area contributed by atoms with Gasteiger partial charge in [0.1, 0.15) is 5.60 Å². The Labute approximate surface area is 172 Å². The molecule has 2 aromatic rings. The van der Waals surface area contributed by atoms with Crippen LogP contribution >= 0.6 is 0 Å². The lowest BCUT2D eigenvalue weighted by molar-refractivity contribution is 0.00578. The van der Waals surface area contributed by atoms with E-state index in [0.717, 1.165) is 22.1 Å². The number of fused-ring (bicyclic) bond motifs is 1. The average Bonchev–Trinajstić information content (AvgIpc) is 3.11. The molecule has 29 heavy (non-hydrogen) atoms. The maximum absolute atomic E-state index is 12.2. The molecule has 2 N–H and O–H groups in total. The lowest BCUT2D eigenvalue weighted by atomic mass is 9.77. The molecule has 3 heterocycles. The first-order valence-corrected chi connectivity index (χ1v) is 9.82. The summed E-state index contributed by atoms with van der Waals surface area (Å²) >= 11 is 0. The highest BCUT2D eigenvalue weighted by atomic mass is 16.7. The van der Waals surface area contributed by atoms with Crippen molar-refractivity contribution in [2.75, 3.05) is 6.54 Å². The first-order chi connectivity index (χ1) is 13.4. The zero-order valence-electron chi connectivity index (χ0n) is 18.3. The van der Waals surface area contributed by atoms with Crippen molar-refractivity contribution in [3.05, 3.63) is 35.6 Å². The zero-order chi connectivity index (χ0) is 21.4. The Morgan fingerprint density at radius 1 is 1.28 bits per heavy atom. The Balaban J connectivity index is 1.86. The Bertz CT molecular complexity index is 911. The van der Waals surface area contributed by atoms with Crippen molar-refractivity contribution >= 4 is 30.3 Å². The molecule has 2 aromatic heterocycles. The molecule has 1 aliphatic rings. The molecular weight excluding hydrogens is 369 g/mol. The van der Waals surface area contributed by atoms with Gasteiger partial charge in [-0.15, -0.1) is 0 Å². The van der Waals surface area contributed by atoms with E-state index in [-0.39, 0.29) is 6.54 Å². The number of carbonyl (C=O) groups excluding carboxylic acids is 1. The van der Waals surface area contributed by atoms with Crippen molar-refractivity contribution in [2.45, 2.75) is 65.3 Å². The molecule has 0 aliphatic carbocycles. The SMILES string of the molecule is CC(C)(C)OC(=O)NCC(=Cc1cnc2cc[nH]c2c1)B1OC(C)(C)C(C)(C)O1. The van der Waals surface area contributed by atoms with E-state index in [4.69, 9.17) is 14.0 Å². The number of hydrogen-bond donors (Lipinski definition) is 2. The molecule has 156 valence electrons. The number of rotatable bonds is 4. The summed E-state index contributed by atoms with van der Waals surface area (Å²) in [6.45, 7) is 13.7. The second kappa shape index (κ2) is 7.50. The summed E-state index contributed by atoms with van der Waals surface area (Å²) in [5.41, 5.74) is 1.96. The van der Waals surface area contributed by atoms with Crippen LogP contribution in [0.15, 0.2) is 30.0 Å². The molecule has 3 rings (SSSR count). The number of nitrogens with one attached hydrogen (secondary N) is 2. The number of ether oxygens (including phenoxy) is 1. The van der Waals surface area contributed by atoms with Gasteiger partial charge in [-0.25, -0.2) is 4.79 Å². The van der Waals surface area contributed by atoms with E-state index in [1.165, 1.54) is 0 Å². The van der Waals surface area contributed by atoms with Crippen LogP contribution in [0.4, 0.5) is 4.79 Å². The van der Waals surface area contributed by atoms with Gasteiger partial charge in [0.15, 0.2) is 0 Å². The van der Waals surface area contributed by atoms with Gasteiger partial charge in [0.2, 0.25) is 0 Å². The fourth-order valence-electron chi connectivity index (χ4n) is 2.93. The molecule has 7 nitrogen and oxygen atoms in total. The van der Waals surface area contributed by atoms with Crippen LogP contribution in [0.2, 0.25) is 0 Å². The first-order valence-electron chi connectivity index (χ1n) is 9.82. The Morgan fingerprint density at radius 3 is 2.55 bits per heavy atom. The number of nitrogens with zero attached hydrogens (tertiary/aromatic N) is 1. The number of alkyl carbamates (subject to hydrolysis) is 1. The summed E-state index contributed by atoms with van der Waals surface area (Å²) in [5, 5.41) is 2.81. The fraction of sp³-hybridized carbons (Fsp3) is 0.524. The fourth-order valence-corrected chi connectivity index (χ4v) is 2.93. The van der Waals surface area contributed by atoms with Gasteiger partial charge in [-0.2, -0.15) is 0 Å². The monoisotopic (exact) mass is 399 g/mol. The topological polar surface area (TPSA) is 85.5 Å². The zero-order valence-corrected chi connectivity index (χ0v) is 18.3. The van der Waals surface area contributed by atoms with Gasteiger partial charge in [0.05, 0.1) is 22.2 Å². The average molecular weight is 399 g/mol. The molecule has 0 aromatic carbocycles. The number of aromatic nitrogens is 2. The van der Waals surface area contributed by atoms with E-state index in [0.29, 0.717) is 0 Å². The lowest BCUT2D eigenvalue weighted by Gasteiger charge is -2.32. The van der Waals surface area contributed by atoms with Crippen LogP contribution in [0.25, 0.3) is 17.1 Å². The largest absolute Gasteiger partial charge is 0.492 e. The number of carbonyl (C=O) groups is 1. The van der Waals surface area contributed by atoms with E-state index in [2.05, 4.69) is 15.3 Å². The highest BCUT2D eigenvalue weighted by Gasteiger charge is 2.52. The molecule has 1 aliphatic heterocycles. The van der Waals surface area contributed by atoms with Crippen LogP contribution in [-0.4, -0.2) is 46.5 Å². The van der Waals surface area contributed by atoms with Gasteiger partial charge in [-0.3, -0.25) is 4.98 Å². The molecule has 0 spiro atoms. The van der Waals surface area contributed by atoms with Gasteiger partial charge in [0, 0.05) is 18.9 Å². The first kappa shape index (κ1) is 21.4. The minimum atomic E-state index is -0.589. The summed E-state index contributed by atoms with van der Waals surface area (Å²) in [6.07, 6.45) is 5.09. The normalized spacial score (nSPS) is 18.9. The molecule has 1 amide bonds. The van der Waals surface area contributed by atoms with Crippen molar-refractivity contribution in [1.82, 2.24) is 15.3 Å². The van der Waals surface area contributed by atoms with Gasteiger partial charge >= 0.3 is 13.2 Å². The van der Waals surface area contributed by atoms with Crippen molar-refractivity contribution in [2.24, 2.45) is 0 Å². The van der Waals surface area contributed by atoms with Crippen molar-refractivity contribution < 1.29 is 18.8 Å². The third-order valence-electron chi connectivity index (χ3n) is 5.16. The van der Waals surface area contributed by atoms with Crippen molar-refractivity contribution in [3.63, 3.8) is 0 Å². The Hall–Kier alpha value is -2.32. The van der Waals surface area contributed by atoms with Gasteiger partial charge < -0.3 is 24.3 Å². The third-order valence-corrected chi connectivity index (χ3v) is 5.16. The Morgan fingerprint density at radius 2 is 1.93 bits per heavy atom. The van der Waals surface area contributed by atoms with Crippen LogP contribution in [-0.2, 0) is 14.0 Å². The van der Waals surface area contributed by atoms with Gasteiger partial charge in [0.25, 0.3) is 0 Å². The second-order valence-corrected chi connectivity index (χ2v) is 9.34. The van der Waals surface area contributed by atoms with E-state index in [9.17, 15) is 4.79 Å². The van der Waals surface area contributed by atoms with Crippen molar-refractivity contribution in [3.8, 4) is 0 Å². The lowest BCUT2D eigenvalue weighted by Crippen LogP contribution is -2.41. The third kappa shape index (κ3) is 5.00. The summed E-state index contributed by atoms with van der Waals surface area (Å²) in [4.78, 5) is 19.8. The van der Waals surface area contributed by atoms with Gasteiger partial charge in [-0.05, 0) is 71.6 Å².